The van der Waals surface area contributed by atoms with Crippen LogP contribution in [0, 0.1) is 11.8 Å². The lowest BCUT2D eigenvalue weighted by Gasteiger charge is -2.15. The molecule has 0 spiro atoms. The third-order valence-corrected chi connectivity index (χ3v) is 3.51. The SMILES string of the molecule is CC(C)CCCCNCC1CCCC1N. The molecular weight excluding hydrogens is 184 g/mol. The minimum absolute atomic E-state index is 0.466. The summed E-state index contributed by atoms with van der Waals surface area (Å²) in [6.07, 6.45) is 7.95. The average molecular weight is 212 g/mol. The van der Waals surface area contributed by atoms with Crippen molar-refractivity contribution < 1.29 is 0 Å². The zero-order chi connectivity index (χ0) is 11.1. The van der Waals surface area contributed by atoms with Crippen molar-refractivity contribution in [2.75, 3.05) is 13.1 Å². The maximum atomic E-state index is 6.02. The highest BCUT2D eigenvalue weighted by atomic mass is 14.9. The second-order valence-electron chi connectivity index (χ2n) is 5.45. The van der Waals surface area contributed by atoms with Crippen LogP contribution in [0.3, 0.4) is 0 Å². The molecule has 1 aliphatic rings. The van der Waals surface area contributed by atoms with E-state index in [-0.39, 0.29) is 0 Å². The minimum atomic E-state index is 0.466. The number of hydrogen-bond acceptors (Lipinski definition) is 2. The third-order valence-electron chi connectivity index (χ3n) is 3.51. The molecule has 90 valence electrons. The van der Waals surface area contributed by atoms with Crippen LogP contribution in [0.25, 0.3) is 0 Å². The molecule has 1 fully saturated rings. The normalized spacial score (nSPS) is 26.4. The molecule has 0 aliphatic heterocycles. The summed E-state index contributed by atoms with van der Waals surface area (Å²) in [5.74, 6) is 1.60. The molecule has 1 aliphatic carbocycles. The van der Waals surface area contributed by atoms with E-state index in [9.17, 15) is 0 Å². The molecule has 2 heteroatoms. The van der Waals surface area contributed by atoms with Crippen LogP contribution in [-0.2, 0) is 0 Å². The predicted octanol–water partition coefficient (Wildman–Crippen LogP) is 2.53. The monoisotopic (exact) mass is 212 g/mol. The van der Waals surface area contributed by atoms with Crippen LogP contribution in [-0.4, -0.2) is 19.1 Å². The largest absolute Gasteiger partial charge is 0.327 e. The number of nitrogens with one attached hydrogen (secondary N) is 1. The summed E-state index contributed by atoms with van der Waals surface area (Å²) in [6.45, 7) is 6.91. The Morgan fingerprint density at radius 1 is 1.27 bits per heavy atom. The number of hydrogen-bond donors (Lipinski definition) is 2. The highest BCUT2D eigenvalue weighted by Crippen LogP contribution is 2.22. The van der Waals surface area contributed by atoms with Crippen LogP contribution in [0.15, 0.2) is 0 Å². The van der Waals surface area contributed by atoms with E-state index < -0.39 is 0 Å². The van der Waals surface area contributed by atoms with Crippen molar-refractivity contribution >= 4 is 0 Å². The van der Waals surface area contributed by atoms with Crippen LogP contribution < -0.4 is 11.1 Å². The standard InChI is InChI=1S/C13H28N2/c1-11(2)6-3-4-9-15-10-12-7-5-8-13(12)14/h11-13,15H,3-10,14H2,1-2H3. The van der Waals surface area contributed by atoms with Gasteiger partial charge in [0.15, 0.2) is 0 Å². The molecule has 1 saturated carbocycles. The molecule has 1 rings (SSSR count). The summed E-state index contributed by atoms with van der Waals surface area (Å²) in [5.41, 5.74) is 6.02. The second kappa shape index (κ2) is 7.24. The van der Waals surface area contributed by atoms with Gasteiger partial charge in [0.2, 0.25) is 0 Å². The van der Waals surface area contributed by atoms with E-state index in [4.69, 9.17) is 5.73 Å². The zero-order valence-electron chi connectivity index (χ0n) is 10.5. The molecule has 2 unspecified atom stereocenters. The molecule has 0 bridgehead atoms. The van der Waals surface area contributed by atoms with Gasteiger partial charge < -0.3 is 11.1 Å². The van der Waals surface area contributed by atoms with E-state index in [0.717, 1.165) is 18.4 Å². The first kappa shape index (κ1) is 13.0. The van der Waals surface area contributed by atoms with Crippen molar-refractivity contribution in [3.8, 4) is 0 Å². The molecule has 0 aromatic heterocycles. The number of rotatable bonds is 7. The van der Waals surface area contributed by atoms with Gasteiger partial charge in [0.1, 0.15) is 0 Å². The lowest BCUT2D eigenvalue weighted by Crippen LogP contribution is -2.33. The van der Waals surface area contributed by atoms with E-state index in [1.54, 1.807) is 0 Å². The van der Waals surface area contributed by atoms with Gasteiger partial charge in [-0.3, -0.25) is 0 Å². The Balaban J connectivity index is 1.88. The van der Waals surface area contributed by atoms with Crippen molar-refractivity contribution in [1.82, 2.24) is 5.32 Å². The van der Waals surface area contributed by atoms with Crippen LogP contribution in [0.2, 0.25) is 0 Å². The molecule has 0 saturated heterocycles. The molecule has 0 aromatic rings. The molecule has 15 heavy (non-hydrogen) atoms. The van der Waals surface area contributed by atoms with E-state index in [0.29, 0.717) is 6.04 Å². The smallest absolute Gasteiger partial charge is 0.00792 e. The van der Waals surface area contributed by atoms with Crippen LogP contribution in [0.4, 0.5) is 0 Å². The van der Waals surface area contributed by atoms with Crippen molar-refractivity contribution in [3.05, 3.63) is 0 Å². The lowest BCUT2D eigenvalue weighted by molar-refractivity contribution is 0.433. The minimum Gasteiger partial charge on any atom is -0.327 e. The Hall–Kier alpha value is -0.0800. The zero-order valence-corrected chi connectivity index (χ0v) is 10.5. The molecule has 0 radical (unpaired) electrons. The Morgan fingerprint density at radius 3 is 2.67 bits per heavy atom. The van der Waals surface area contributed by atoms with E-state index >= 15 is 0 Å². The van der Waals surface area contributed by atoms with Gasteiger partial charge in [-0.1, -0.05) is 33.1 Å². The quantitative estimate of drug-likeness (QED) is 0.636. The van der Waals surface area contributed by atoms with Gasteiger partial charge >= 0.3 is 0 Å². The van der Waals surface area contributed by atoms with Crippen LogP contribution in [0.5, 0.6) is 0 Å². The number of nitrogens with two attached hydrogens (primary N) is 1. The van der Waals surface area contributed by atoms with Gasteiger partial charge in [0, 0.05) is 6.04 Å². The van der Waals surface area contributed by atoms with Crippen molar-refractivity contribution in [1.29, 1.82) is 0 Å². The van der Waals surface area contributed by atoms with Gasteiger partial charge in [-0.2, -0.15) is 0 Å². The van der Waals surface area contributed by atoms with Gasteiger partial charge in [0.05, 0.1) is 0 Å². The molecule has 0 aromatic carbocycles. The molecule has 2 nitrogen and oxygen atoms in total. The predicted molar refractivity (Wildman–Crippen MR) is 66.9 cm³/mol. The summed E-state index contributed by atoms with van der Waals surface area (Å²) in [5, 5.41) is 3.55. The van der Waals surface area contributed by atoms with E-state index in [1.807, 2.05) is 0 Å². The molecular formula is C13H28N2. The first-order valence-corrected chi connectivity index (χ1v) is 6.66. The fourth-order valence-electron chi connectivity index (χ4n) is 2.41. The molecule has 3 N–H and O–H groups in total. The van der Waals surface area contributed by atoms with E-state index in [1.165, 1.54) is 45.1 Å². The summed E-state index contributed by atoms with van der Waals surface area (Å²) >= 11 is 0. The summed E-state index contributed by atoms with van der Waals surface area (Å²) in [4.78, 5) is 0. The van der Waals surface area contributed by atoms with E-state index in [2.05, 4.69) is 19.2 Å². The van der Waals surface area contributed by atoms with Gasteiger partial charge in [-0.05, 0) is 44.2 Å². The fraction of sp³-hybridized carbons (Fsp3) is 1.00. The molecule has 0 heterocycles. The Kier molecular flexibility index (Phi) is 6.26. The van der Waals surface area contributed by atoms with Crippen LogP contribution in [0.1, 0.15) is 52.4 Å². The topological polar surface area (TPSA) is 38.0 Å². The van der Waals surface area contributed by atoms with Crippen LogP contribution >= 0.6 is 0 Å². The van der Waals surface area contributed by atoms with Gasteiger partial charge in [-0.15, -0.1) is 0 Å². The van der Waals surface area contributed by atoms with Crippen molar-refractivity contribution in [3.63, 3.8) is 0 Å². The average Bonchev–Trinajstić information content (AvgIpc) is 2.57. The fourth-order valence-corrected chi connectivity index (χ4v) is 2.41. The summed E-state index contributed by atoms with van der Waals surface area (Å²) < 4.78 is 0. The highest BCUT2D eigenvalue weighted by Gasteiger charge is 2.22. The van der Waals surface area contributed by atoms with Crippen molar-refractivity contribution in [2.45, 2.75) is 58.4 Å². The Morgan fingerprint density at radius 2 is 2.07 bits per heavy atom. The molecule has 0 amide bonds. The second-order valence-corrected chi connectivity index (χ2v) is 5.45. The maximum Gasteiger partial charge on any atom is 0.00792 e. The lowest BCUT2D eigenvalue weighted by atomic mass is 10.0. The Labute approximate surface area is 95.0 Å². The third kappa shape index (κ3) is 5.53. The number of unbranched alkanes of at least 4 members (excludes halogenated alkanes) is 1. The Bertz CT molecular complexity index is 157. The molecule has 2 atom stereocenters. The summed E-state index contributed by atoms with van der Waals surface area (Å²) in [6, 6.07) is 0.466. The first-order valence-electron chi connectivity index (χ1n) is 6.66. The summed E-state index contributed by atoms with van der Waals surface area (Å²) in [7, 11) is 0. The highest BCUT2D eigenvalue weighted by molar-refractivity contribution is 4.81. The maximum absolute atomic E-state index is 6.02. The van der Waals surface area contributed by atoms with Crippen molar-refractivity contribution in [2.24, 2.45) is 17.6 Å². The van der Waals surface area contributed by atoms with Gasteiger partial charge in [0.25, 0.3) is 0 Å². The first-order chi connectivity index (χ1) is 7.20. The van der Waals surface area contributed by atoms with Gasteiger partial charge in [-0.25, -0.2) is 0 Å².